The first-order valence-corrected chi connectivity index (χ1v) is 10.2. The molecule has 2 nitrogen and oxygen atoms in total. The Morgan fingerprint density at radius 2 is 1.00 bits per heavy atom. The number of hydrogen-bond donors (Lipinski definition) is 1. The Kier molecular flexibility index (Phi) is 13.7. The third-order valence-corrected chi connectivity index (χ3v) is 4.75. The van der Waals surface area contributed by atoms with Crippen LogP contribution in [0.25, 0.3) is 0 Å². The van der Waals surface area contributed by atoms with Crippen LogP contribution in [-0.2, 0) is 4.79 Å². The van der Waals surface area contributed by atoms with Gasteiger partial charge in [0, 0.05) is 5.57 Å². The monoisotopic (exact) mass is 336 g/mol. The number of carbonyl (C=O) groups is 1. The second-order valence-electron chi connectivity index (χ2n) is 6.94. The van der Waals surface area contributed by atoms with Crippen molar-refractivity contribution >= 4 is 5.97 Å². The Balaban J connectivity index is 5.90. The van der Waals surface area contributed by atoms with Crippen molar-refractivity contribution < 1.29 is 9.90 Å². The number of rotatable bonds is 14. The summed E-state index contributed by atoms with van der Waals surface area (Å²) in [5.41, 5.74) is 4.64. The lowest BCUT2D eigenvalue weighted by atomic mass is 9.86. The molecule has 0 heterocycles. The summed E-state index contributed by atoms with van der Waals surface area (Å²) in [7, 11) is 0. The molecule has 0 saturated carbocycles. The van der Waals surface area contributed by atoms with Crippen molar-refractivity contribution in [3.05, 3.63) is 22.3 Å². The van der Waals surface area contributed by atoms with Crippen LogP contribution in [0.5, 0.6) is 0 Å². The predicted molar refractivity (Wildman–Crippen MR) is 105 cm³/mol. The van der Waals surface area contributed by atoms with Crippen molar-refractivity contribution in [2.24, 2.45) is 0 Å². The number of carboxylic acid groups (broad SMARTS) is 1. The summed E-state index contributed by atoms with van der Waals surface area (Å²) in [4.78, 5) is 11.9. The van der Waals surface area contributed by atoms with Gasteiger partial charge in [-0.3, -0.25) is 0 Å². The minimum Gasteiger partial charge on any atom is -0.478 e. The van der Waals surface area contributed by atoms with E-state index >= 15 is 0 Å². The summed E-state index contributed by atoms with van der Waals surface area (Å²) in [6, 6.07) is 0. The minimum atomic E-state index is -0.702. The first-order chi connectivity index (χ1) is 11.5. The van der Waals surface area contributed by atoms with Gasteiger partial charge in [0.15, 0.2) is 0 Å². The summed E-state index contributed by atoms with van der Waals surface area (Å²) in [6.07, 6.45) is 12.7. The van der Waals surface area contributed by atoms with Gasteiger partial charge in [-0.05, 0) is 69.4 Å². The van der Waals surface area contributed by atoms with E-state index in [1.807, 2.05) is 0 Å². The zero-order valence-corrected chi connectivity index (χ0v) is 16.8. The molecule has 0 atom stereocenters. The molecule has 0 fully saturated rings. The Morgan fingerprint density at radius 1 is 0.625 bits per heavy atom. The van der Waals surface area contributed by atoms with Crippen LogP contribution in [0.15, 0.2) is 22.3 Å². The summed E-state index contributed by atoms with van der Waals surface area (Å²) >= 11 is 0. The molecule has 1 N–H and O–H groups in total. The lowest BCUT2D eigenvalue weighted by Crippen LogP contribution is -2.09. The van der Waals surface area contributed by atoms with Crippen LogP contribution in [0.3, 0.4) is 0 Å². The van der Waals surface area contributed by atoms with E-state index in [1.165, 1.54) is 29.6 Å². The first kappa shape index (κ1) is 22.9. The molecule has 24 heavy (non-hydrogen) atoms. The predicted octanol–water partition coefficient (Wildman–Crippen LogP) is 7.44. The smallest absolute Gasteiger partial charge is 0.331 e. The fourth-order valence-electron chi connectivity index (χ4n) is 3.15. The van der Waals surface area contributed by atoms with Gasteiger partial charge in [-0.25, -0.2) is 4.79 Å². The zero-order valence-electron chi connectivity index (χ0n) is 16.8. The maximum absolute atomic E-state index is 11.9. The Labute approximate surface area is 150 Å². The standard InChI is InChI=1S/C22H40O2/c1-6-10-14-18(5)19(15-11-7-2)20(16-12-8-3)21(22(23)24)17-13-9-4/h6-17H2,1-5H3,(H,23,24)/b19-18-,21-20+. The van der Waals surface area contributed by atoms with Gasteiger partial charge in [0.05, 0.1) is 0 Å². The molecule has 0 amide bonds. The van der Waals surface area contributed by atoms with E-state index in [0.29, 0.717) is 12.0 Å². The summed E-state index contributed by atoms with van der Waals surface area (Å²) in [5, 5.41) is 9.82. The first-order valence-electron chi connectivity index (χ1n) is 10.2. The fraction of sp³-hybridized carbons (Fsp3) is 0.773. The molecular formula is C22H40O2. The van der Waals surface area contributed by atoms with Crippen LogP contribution in [-0.4, -0.2) is 11.1 Å². The summed E-state index contributed by atoms with van der Waals surface area (Å²) in [6.45, 7) is 11.0. The van der Waals surface area contributed by atoms with E-state index in [1.54, 1.807) is 0 Å². The van der Waals surface area contributed by atoms with Crippen LogP contribution in [0.1, 0.15) is 112 Å². The highest BCUT2D eigenvalue weighted by Crippen LogP contribution is 2.32. The molecule has 0 aliphatic rings. The minimum absolute atomic E-state index is 0.687. The Bertz CT molecular complexity index is 416. The second kappa shape index (κ2) is 14.3. The van der Waals surface area contributed by atoms with Crippen LogP contribution in [0.4, 0.5) is 0 Å². The molecular weight excluding hydrogens is 296 g/mol. The number of unbranched alkanes of at least 4 members (excludes halogenated alkanes) is 4. The van der Waals surface area contributed by atoms with Crippen molar-refractivity contribution in [3.63, 3.8) is 0 Å². The zero-order chi connectivity index (χ0) is 18.4. The maximum atomic E-state index is 11.9. The normalized spacial score (nSPS) is 13.5. The third-order valence-electron chi connectivity index (χ3n) is 4.75. The van der Waals surface area contributed by atoms with Gasteiger partial charge < -0.3 is 5.11 Å². The Hall–Kier alpha value is -1.05. The summed E-state index contributed by atoms with van der Waals surface area (Å²) in [5.74, 6) is -0.702. The van der Waals surface area contributed by atoms with E-state index in [4.69, 9.17) is 0 Å². The van der Waals surface area contributed by atoms with Crippen molar-refractivity contribution in [1.82, 2.24) is 0 Å². The van der Waals surface area contributed by atoms with Gasteiger partial charge in [0.25, 0.3) is 0 Å². The molecule has 0 aromatic heterocycles. The molecule has 0 aliphatic carbocycles. The van der Waals surface area contributed by atoms with Crippen LogP contribution in [0.2, 0.25) is 0 Å². The van der Waals surface area contributed by atoms with Crippen LogP contribution < -0.4 is 0 Å². The molecule has 0 rings (SSSR count). The number of carboxylic acids is 1. The number of hydrogen-bond acceptors (Lipinski definition) is 1. The quantitative estimate of drug-likeness (QED) is 0.264. The molecule has 0 saturated heterocycles. The maximum Gasteiger partial charge on any atom is 0.331 e. The number of aliphatic carboxylic acids is 1. The highest BCUT2D eigenvalue weighted by atomic mass is 16.4. The fourth-order valence-corrected chi connectivity index (χ4v) is 3.15. The van der Waals surface area contributed by atoms with Crippen molar-refractivity contribution in [2.45, 2.75) is 112 Å². The van der Waals surface area contributed by atoms with E-state index in [-0.39, 0.29) is 0 Å². The van der Waals surface area contributed by atoms with E-state index in [2.05, 4.69) is 34.6 Å². The SMILES string of the molecule is CCCC/C(C)=C(CCCC)\C(CCCC)=C(/CCCC)C(=O)O. The van der Waals surface area contributed by atoms with Gasteiger partial charge in [0.2, 0.25) is 0 Å². The topological polar surface area (TPSA) is 37.3 Å². The van der Waals surface area contributed by atoms with Gasteiger partial charge in [-0.2, -0.15) is 0 Å². The highest BCUT2D eigenvalue weighted by Gasteiger charge is 2.18. The second-order valence-corrected chi connectivity index (χ2v) is 6.94. The number of allylic oxidation sites excluding steroid dienone is 3. The Morgan fingerprint density at radius 3 is 1.42 bits per heavy atom. The lowest BCUT2D eigenvalue weighted by Gasteiger charge is -2.20. The molecule has 0 aromatic carbocycles. The van der Waals surface area contributed by atoms with Gasteiger partial charge in [-0.1, -0.05) is 59.0 Å². The van der Waals surface area contributed by atoms with Gasteiger partial charge >= 0.3 is 5.97 Å². The average molecular weight is 337 g/mol. The van der Waals surface area contributed by atoms with E-state index in [9.17, 15) is 9.90 Å². The molecule has 0 bridgehead atoms. The van der Waals surface area contributed by atoms with E-state index < -0.39 is 5.97 Å². The van der Waals surface area contributed by atoms with Crippen molar-refractivity contribution in [1.29, 1.82) is 0 Å². The molecule has 0 unspecified atom stereocenters. The highest BCUT2D eigenvalue weighted by molar-refractivity contribution is 5.88. The lowest BCUT2D eigenvalue weighted by molar-refractivity contribution is -0.132. The average Bonchev–Trinajstić information content (AvgIpc) is 2.56. The van der Waals surface area contributed by atoms with Crippen molar-refractivity contribution in [2.75, 3.05) is 0 Å². The van der Waals surface area contributed by atoms with Gasteiger partial charge in [-0.15, -0.1) is 0 Å². The van der Waals surface area contributed by atoms with Crippen LogP contribution >= 0.6 is 0 Å². The molecule has 140 valence electrons. The molecule has 0 aliphatic heterocycles. The molecule has 2 heteroatoms. The van der Waals surface area contributed by atoms with Crippen LogP contribution in [0, 0.1) is 0 Å². The molecule has 0 spiro atoms. The third kappa shape index (κ3) is 8.70. The van der Waals surface area contributed by atoms with Gasteiger partial charge in [0.1, 0.15) is 0 Å². The van der Waals surface area contributed by atoms with Crippen molar-refractivity contribution in [3.8, 4) is 0 Å². The molecule has 0 aromatic rings. The van der Waals surface area contributed by atoms with E-state index in [0.717, 1.165) is 57.8 Å². The molecule has 0 radical (unpaired) electrons. The largest absolute Gasteiger partial charge is 0.478 e. The summed E-state index contributed by atoms with van der Waals surface area (Å²) < 4.78 is 0.